The highest BCUT2D eigenvalue weighted by Gasteiger charge is 2.42. The predicted molar refractivity (Wildman–Crippen MR) is 116 cm³/mol. The molecule has 8 heteroatoms. The molecule has 0 N–H and O–H groups in total. The fourth-order valence-electron chi connectivity index (χ4n) is 2.59. The van der Waals surface area contributed by atoms with E-state index in [9.17, 15) is 9.59 Å². The highest BCUT2D eigenvalue weighted by atomic mass is 127. The van der Waals surface area contributed by atoms with Gasteiger partial charge in [-0.3, -0.25) is 4.90 Å². The molecule has 1 heterocycles. The SMILES string of the molecule is CI.COC(=O)[C@@H]1C[C@H](OCc2ccc(Br)cc2)CN1C(=O)OC(C)(C)C. The van der Waals surface area contributed by atoms with Crippen LogP contribution >= 0.6 is 38.5 Å². The van der Waals surface area contributed by atoms with Gasteiger partial charge in [0.05, 0.1) is 26.4 Å². The summed E-state index contributed by atoms with van der Waals surface area (Å²) in [5, 5.41) is 0. The Morgan fingerprint density at radius 2 is 1.81 bits per heavy atom. The van der Waals surface area contributed by atoms with Crippen LogP contribution in [-0.2, 0) is 25.6 Å². The lowest BCUT2D eigenvalue weighted by molar-refractivity contribution is -0.145. The van der Waals surface area contributed by atoms with Crippen LogP contribution in [0.3, 0.4) is 0 Å². The van der Waals surface area contributed by atoms with Gasteiger partial charge in [0.1, 0.15) is 11.6 Å². The molecule has 0 spiro atoms. The number of benzene rings is 1. The average molecular weight is 556 g/mol. The van der Waals surface area contributed by atoms with Crippen LogP contribution in [0.15, 0.2) is 28.7 Å². The van der Waals surface area contributed by atoms with Crippen LogP contribution in [0.25, 0.3) is 0 Å². The fraction of sp³-hybridized carbons (Fsp3) is 0.579. The number of esters is 1. The quantitative estimate of drug-likeness (QED) is 0.309. The molecule has 0 bridgehead atoms. The van der Waals surface area contributed by atoms with Crippen LogP contribution in [0.5, 0.6) is 0 Å². The largest absolute Gasteiger partial charge is 0.467 e. The Morgan fingerprint density at radius 1 is 1.22 bits per heavy atom. The van der Waals surface area contributed by atoms with E-state index in [-0.39, 0.29) is 6.10 Å². The maximum absolute atomic E-state index is 12.4. The highest BCUT2D eigenvalue weighted by Crippen LogP contribution is 2.25. The molecule has 27 heavy (non-hydrogen) atoms. The van der Waals surface area contributed by atoms with Crippen molar-refractivity contribution in [3.63, 3.8) is 0 Å². The summed E-state index contributed by atoms with van der Waals surface area (Å²) < 4.78 is 17.1. The molecule has 2 atom stereocenters. The van der Waals surface area contributed by atoms with Crippen molar-refractivity contribution in [3.8, 4) is 0 Å². The first-order chi connectivity index (χ1) is 12.7. The number of hydrogen-bond donors (Lipinski definition) is 0. The molecule has 1 aliphatic rings. The lowest BCUT2D eigenvalue weighted by atomic mass is 10.2. The third-order valence-electron chi connectivity index (χ3n) is 3.76. The Labute approximate surface area is 183 Å². The van der Waals surface area contributed by atoms with E-state index in [1.165, 1.54) is 12.0 Å². The summed E-state index contributed by atoms with van der Waals surface area (Å²) >= 11 is 5.54. The van der Waals surface area contributed by atoms with Gasteiger partial charge >= 0.3 is 12.1 Å². The van der Waals surface area contributed by atoms with Gasteiger partial charge < -0.3 is 14.2 Å². The van der Waals surface area contributed by atoms with Crippen molar-refractivity contribution in [1.29, 1.82) is 0 Å². The average Bonchev–Trinajstić information content (AvgIpc) is 3.05. The summed E-state index contributed by atoms with van der Waals surface area (Å²) in [6, 6.07) is 7.12. The molecule has 0 aromatic heterocycles. The van der Waals surface area contributed by atoms with E-state index < -0.39 is 23.7 Å². The molecule has 2 rings (SSSR count). The number of nitrogens with zero attached hydrogens (tertiary/aromatic N) is 1. The number of methoxy groups -OCH3 is 1. The van der Waals surface area contributed by atoms with Crippen LogP contribution < -0.4 is 0 Å². The van der Waals surface area contributed by atoms with Crippen LogP contribution in [0.2, 0.25) is 0 Å². The molecule has 6 nitrogen and oxygen atoms in total. The summed E-state index contributed by atoms with van der Waals surface area (Å²) in [5.74, 6) is -0.458. The number of halogens is 2. The second-order valence-electron chi connectivity index (χ2n) is 6.97. The molecule has 1 aromatic carbocycles. The first kappa shape index (κ1) is 24.2. The molecule has 0 saturated carbocycles. The Morgan fingerprint density at radius 3 is 2.33 bits per heavy atom. The Balaban J connectivity index is 0.00000176. The van der Waals surface area contributed by atoms with Crippen LogP contribution in [0.4, 0.5) is 4.79 Å². The van der Waals surface area contributed by atoms with Crippen molar-refractivity contribution in [2.45, 2.75) is 51.5 Å². The topological polar surface area (TPSA) is 65.1 Å². The molecule has 1 amide bonds. The zero-order valence-corrected chi connectivity index (χ0v) is 20.1. The number of hydrogen-bond acceptors (Lipinski definition) is 5. The molecule has 1 fully saturated rings. The molecule has 1 aromatic rings. The molecule has 0 unspecified atom stereocenters. The second-order valence-corrected chi connectivity index (χ2v) is 7.88. The summed E-state index contributed by atoms with van der Waals surface area (Å²) in [6.45, 7) is 6.07. The van der Waals surface area contributed by atoms with Crippen LogP contribution in [-0.4, -0.2) is 53.3 Å². The fourth-order valence-corrected chi connectivity index (χ4v) is 2.86. The molecule has 0 radical (unpaired) electrons. The molecule has 0 aliphatic carbocycles. The lowest BCUT2D eigenvalue weighted by Gasteiger charge is -2.27. The van der Waals surface area contributed by atoms with E-state index in [1.807, 2.05) is 29.2 Å². The summed E-state index contributed by atoms with van der Waals surface area (Å²) in [7, 11) is 1.31. The number of carbonyl (C=O) groups is 2. The minimum absolute atomic E-state index is 0.250. The molecule has 1 saturated heterocycles. The second kappa shape index (κ2) is 11.2. The van der Waals surface area contributed by atoms with E-state index in [1.54, 1.807) is 20.8 Å². The van der Waals surface area contributed by atoms with Crippen LogP contribution in [0, 0.1) is 0 Å². The highest BCUT2D eigenvalue weighted by molar-refractivity contribution is 14.1. The summed E-state index contributed by atoms with van der Waals surface area (Å²) in [6.07, 6.45) is -0.388. The van der Waals surface area contributed by atoms with Crippen molar-refractivity contribution >= 4 is 50.6 Å². The number of rotatable bonds is 4. The molecule has 152 valence electrons. The van der Waals surface area contributed by atoms with Gasteiger partial charge in [0.2, 0.25) is 0 Å². The van der Waals surface area contributed by atoms with Crippen molar-refractivity contribution in [2.24, 2.45) is 0 Å². The van der Waals surface area contributed by atoms with Crippen molar-refractivity contribution in [1.82, 2.24) is 4.90 Å². The van der Waals surface area contributed by atoms with E-state index in [2.05, 4.69) is 38.5 Å². The Hall–Kier alpha value is -0.870. The summed E-state index contributed by atoms with van der Waals surface area (Å²) in [4.78, 5) is 27.8. The minimum Gasteiger partial charge on any atom is -0.467 e. The van der Waals surface area contributed by atoms with E-state index in [0.29, 0.717) is 19.6 Å². The van der Waals surface area contributed by atoms with Crippen molar-refractivity contribution < 1.29 is 23.8 Å². The standard InChI is InChI=1S/C18H24BrNO5.CH3I/c1-18(2,3)25-17(22)20-10-14(9-15(20)16(21)23-4)24-11-12-5-7-13(19)8-6-12;1-2/h5-8,14-15H,9-11H2,1-4H3;1H3/t14-,15-;/m0./s1. The van der Waals surface area contributed by atoms with Gasteiger partial charge in [-0.05, 0) is 43.4 Å². The van der Waals surface area contributed by atoms with Gasteiger partial charge in [0, 0.05) is 10.9 Å². The first-order valence-corrected chi connectivity index (χ1v) is 11.5. The van der Waals surface area contributed by atoms with Crippen molar-refractivity contribution in [2.75, 3.05) is 18.6 Å². The predicted octanol–water partition coefficient (Wildman–Crippen LogP) is 4.57. The zero-order valence-electron chi connectivity index (χ0n) is 16.3. The van der Waals surface area contributed by atoms with E-state index in [4.69, 9.17) is 14.2 Å². The maximum atomic E-state index is 12.4. The number of likely N-dealkylation sites (tertiary alicyclic amines) is 1. The van der Waals surface area contributed by atoms with E-state index >= 15 is 0 Å². The maximum Gasteiger partial charge on any atom is 0.411 e. The van der Waals surface area contributed by atoms with Crippen molar-refractivity contribution in [3.05, 3.63) is 34.3 Å². The number of ether oxygens (including phenoxy) is 3. The van der Waals surface area contributed by atoms with E-state index in [0.717, 1.165) is 10.0 Å². The third kappa shape index (κ3) is 7.95. The molecular weight excluding hydrogens is 529 g/mol. The zero-order chi connectivity index (χ0) is 20.6. The van der Waals surface area contributed by atoms with Gasteiger partial charge in [-0.1, -0.05) is 50.7 Å². The number of carbonyl (C=O) groups excluding carboxylic acids is 2. The van der Waals surface area contributed by atoms with Gasteiger partial charge in [0.25, 0.3) is 0 Å². The normalized spacial score (nSPS) is 19.1. The number of alkyl halides is 1. The third-order valence-corrected chi connectivity index (χ3v) is 4.29. The lowest BCUT2D eigenvalue weighted by Crippen LogP contribution is -2.44. The van der Waals surface area contributed by atoms with Gasteiger partial charge in [-0.15, -0.1) is 0 Å². The number of amides is 1. The minimum atomic E-state index is -0.685. The van der Waals surface area contributed by atoms with Gasteiger partial charge in [0.15, 0.2) is 0 Å². The first-order valence-electron chi connectivity index (χ1n) is 8.51. The smallest absolute Gasteiger partial charge is 0.411 e. The molecule has 1 aliphatic heterocycles. The molecular formula is C19H27BrINO5. The van der Waals surface area contributed by atoms with Gasteiger partial charge in [-0.2, -0.15) is 0 Å². The van der Waals surface area contributed by atoms with Gasteiger partial charge in [-0.25, -0.2) is 9.59 Å². The van der Waals surface area contributed by atoms with Crippen LogP contribution in [0.1, 0.15) is 32.8 Å². The summed E-state index contributed by atoms with van der Waals surface area (Å²) in [5.41, 5.74) is 0.391. The Bertz CT molecular complexity index is 618. The monoisotopic (exact) mass is 555 g/mol. The Kier molecular flexibility index (Phi) is 10.0.